The lowest BCUT2D eigenvalue weighted by molar-refractivity contribution is -0.155. The highest BCUT2D eigenvalue weighted by atomic mass is 35.5. The van der Waals surface area contributed by atoms with E-state index in [2.05, 4.69) is 32.0 Å². The molecule has 0 aliphatic carbocycles. The molecule has 1 amide bonds. The van der Waals surface area contributed by atoms with Crippen molar-refractivity contribution in [1.82, 2.24) is 4.90 Å². The van der Waals surface area contributed by atoms with Crippen LogP contribution in [0.4, 0.5) is 0 Å². The number of carbonyl (C=O) groups excluding carboxylic acids is 1. The number of rotatable bonds is 3. The zero-order chi connectivity index (χ0) is 17.3. The smallest absolute Gasteiger partial charge is 0.252 e. The van der Waals surface area contributed by atoms with Crippen LogP contribution in [0.3, 0.4) is 0 Å². The number of benzene rings is 1. The molecule has 1 aromatic rings. The van der Waals surface area contributed by atoms with Crippen LogP contribution in [0.5, 0.6) is 0 Å². The largest absolute Gasteiger partial charge is 0.370 e. The van der Waals surface area contributed by atoms with Gasteiger partial charge in [0.15, 0.2) is 0 Å². The maximum absolute atomic E-state index is 12.9. The van der Waals surface area contributed by atoms with Gasteiger partial charge < -0.3 is 20.1 Å². The average Bonchev–Trinajstić information content (AvgIpc) is 3.06. The molecule has 2 saturated heterocycles. The molecule has 2 aliphatic rings. The fourth-order valence-electron chi connectivity index (χ4n) is 3.60. The number of nitrogens with two attached hydrogens (primary N) is 1. The van der Waals surface area contributed by atoms with Gasteiger partial charge >= 0.3 is 0 Å². The summed E-state index contributed by atoms with van der Waals surface area (Å²) in [5.41, 5.74) is 9.24. The summed E-state index contributed by atoms with van der Waals surface area (Å²) in [5, 5.41) is 0. The number of aryl methyl sites for hydroxylation is 2. The Hall–Kier alpha value is -1.14. The molecule has 5 nitrogen and oxygen atoms in total. The summed E-state index contributed by atoms with van der Waals surface area (Å²) in [6.07, 6.45) is 1.23. The number of nitrogens with zero attached hydrogens (tertiary/aromatic N) is 1. The van der Waals surface area contributed by atoms with Crippen molar-refractivity contribution < 1.29 is 14.3 Å². The lowest BCUT2D eigenvalue weighted by Crippen LogP contribution is -2.51. The van der Waals surface area contributed by atoms with Gasteiger partial charge in [0, 0.05) is 6.54 Å². The highest BCUT2D eigenvalue weighted by molar-refractivity contribution is 5.85. The lowest BCUT2D eigenvalue weighted by atomic mass is 9.98. The Morgan fingerprint density at radius 3 is 2.76 bits per heavy atom. The van der Waals surface area contributed by atoms with Crippen molar-refractivity contribution in [2.75, 3.05) is 19.7 Å². The van der Waals surface area contributed by atoms with Crippen molar-refractivity contribution in [3.05, 3.63) is 34.9 Å². The third kappa shape index (κ3) is 4.34. The fourth-order valence-corrected chi connectivity index (χ4v) is 3.60. The number of halogens is 1. The third-order valence-electron chi connectivity index (χ3n) is 5.14. The molecule has 2 unspecified atom stereocenters. The van der Waals surface area contributed by atoms with Crippen LogP contribution in [0.25, 0.3) is 0 Å². The van der Waals surface area contributed by atoms with Gasteiger partial charge in [0.25, 0.3) is 5.91 Å². The van der Waals surface area contributed by atoms with Crippen LogP contribution in [0.2, 0.25) is 0 Å². The molecular weight excluding hydrogens is 340 g/mol. The highest BCUT2D eigenvalue weighted by Crippen LogP contribution is 2.30. The van der Waals surface area contributed by atoms with Gasteiger partial charge in [0.05, 0.1) is 25.3 Å². The number of carbonyl (C=O) groups is 1. The van der Waals surface area contributed by atoms with Crippen LogP contribution >= 0.6 is 12.4 Å². The summed E-state index contributed by atoms with van der Waals surface area (Å²) in [6.45, 7) is 7.82. The number of amides is 1. The minimum absolute atomic E-state index is 0. The molecule has 3 rings (SSSR count). The van der Waals surface area contributed by atoms with E-state index in [0.29, 0.717) is 19.7 Å². The second kappa shape index (κ2) is 8.49. The molecule has 4 atom stereocenters. The Bertz CT molecular complexity index is 610. The Morgan fingerprint density at radius 2 is 2.08 bits per heavy atom. The van der Waals surface area contributed by atoms with Gasteiger partial charge in [0.1, 0.15) is 12.2 Å². The SMILES string of the molecule is Cc1ccc(C)c(C2CN(C(=O)[C@@H]3CC[C@H](CN)O3)C(C)CO2)c1.Cl. The van der Waals surface area contributed by atoms with Gasteiger partial charge in [-0.25, -0.2) is 0 Å². The molecule has 2 aliphatic heterocycles. The van der Waals surface area contributed by atoms with Gasteiger partial charge in [0.2, 0.25) is 0 Å². The van der Waals surface area contributed by atoms with E-state index in [-0.39, 0.29) is 42.7 Å². The molecule has 0 spiro atoms. The van der Waals surface area contributed by atoms with Crippen LogP contribution in [0.15, 0.2) is 18.2 Å². The Labute approximate surface area is 156 Å². The van der Waals surface area contributed by atoms with Crippen LogP contribution < -0.4 is 5.73 Å². The molecule has 140 valence electrons. The predicted molar refractivity (Wildman–Crippen MR) is 100.0 cm³/mol. The van der Waals surface area contributed by atoms with Crippen LogP contribution in [-0.4, -0.2) is 48.8 Å². The van der Waals surface area contributed by atoms with E-state index in [1.165, 1.54) is 16.7 Å². The second-order valence-corrected chi connectivity index (χ2v) is 7.08. The predicted octanol–water partition coefficient (Wildman–Crippen LogP) is 2.52. The Kier molecular flexibility index (Phi) is 6.86. The first-order valence-electron chi connectivity index (χ1n) is 8.84. The van der Waals surface area contributed by atoms with Crippen molar-refractivity contribution in [3.8, 4) is 0 Å². The molecule has 2 fully saturated rings. The van der Waals surface area contributed by atoms with Crippen molar-refractivity contribution >= 4 is 18.3 Å². The van der Waals surface area contributed by atoms with Crippen molar-refractivity contribution in [3.63, 3.8) is 0 Å². The van der Waals surface area contributed by atoms with E-state index in [1.807, 2.05) is 11.8 Å². The third-order valence-corrected chi connectivity index (χ3v) is 5.14. The van der Waals surface area contributed by atoms with Gasteiger partial charge in [-0.1, -0.05) is 23.8 Å². The van der Waals surface area contributed by atoms with Crippen molar-refractivity contribution in [2.45, 2.75) is 58.0 Å². The molecular formula is C19H29ClN2O3. The van der Waals surface area contributed by atoms with Crippen molar-refractivity contribution in [1.29, 1.82) is 0 Å². The summed E-state index contributed by atoms with van der Waals surface area (Å²) >= 11 is 0. The molecule has 2 heterocycles. The first-order chi connectivity index (χ1) is 11.5. The monoisotopic (exact) mass is 368 g/mol. The molecule has 0 bridgehead atoms. The highest BCUT2D eigenvalue weighted by Gasteiger charge is 2.38. The fraction of sp³-hybridized carbons (Fsp3) is 0.632. The van der Waals surface area contributed by atoms with E-state index in [4.69, 9.17) is 15.2 Å². The normalized spacial score (nSPS) is 29.4. The van der Waals surface area contributed by atoms with Crippen LogP contribution in [0.1, 0.15) is 42.6 Å². The summed E-state index contributed by atoms with van der Waals surface area (Å²) < 4.78 is 11.8. The van der Waals surface area contributed by atoms with E-state index >= 15 is 0 Å². The van der Waals surface area contributed by atoms with Gasteiger partial charge in [-0.15, -0.1) is 12.4 Å². The number of ether oxygens (including phenoxy) is 2. The molecule has 1 aromatic carbocycles. The summed E-state index contributed by atoms with van der Waals surface area (Å²) in [7, 11) is 0. The summed E-state index contributed by atoms with van der Waals surface area (Å²) in [6, 6.07) is 6.45. The first-order valence-corrected chi connectivity index (χ1v) is 8.84. The zero-order valence-corrected chi connectivity index (χ0v) is 16.1. The molecule has 0 saturated carbocycles. The Balaban J connectivity index is 0.00000225. The van der Waals surface area contributed by atoms with Gasteiger partial charge in [-0.05, 0) is 44.7 Å². The quantitative estimate of drug-likeness (QED) is 0.890. The van der Waals surface area contributed by atoms with E-state index in [0.717, 1.165) is 12.8 Å². The van der Waals surface area contributed by atoms with Crippen LogP contribution in [0, 0.1) is 13.8 Å². The standard InChI is InChI=1S/C19H28N2O3.ClH/c1-12-4-5-13(2)16(8-12)18-10-21(14(3)11-23-18)19(22)17-7-6-15(9-20)24-17;/h4-5,8,14-15,17-18H,6-7,9-11,20H2,1-3H3;1H/t14?,15-,17+,18?;/m1./s1. The molecule has 0 aromatic heterocycles. The van der Waals surface area contributed by atoms with E-state index in [9.17, 15) is 4.79 Å². The van der Waals surface area contributed by atoms with Gasteiger partial charge in [-0.2, -0.15) is 0 Å². The van der Waals surface area contributed by atoms with Gasteiger partial charge in [-0.3, -0.25) is 4.79 Å². The maximum atomic E-state index is 12.9. The average molecular weight is 369 g/mol. The maximum Gasteiger partial charge on any atom is 0.252 e. The van der Waals surface area contributed by atoms with Crippen molar-refractivity contribution in [2.24, 2.45) is 5.73 Å². The summed E-state index contributed by atoms with van der Waals surface area (Å²) in [5.74, 6) is 0.0806. The number of hydrogen-bond acceptors (Lipinski definition) is 4. The molecule has 6 heteroatoms. The number of morpholine rings is 1. The minimum atomic E-state index is -0.349. The molecule has 25 heavy (non-hydrogen) atoms. The zero-order valence-electron chi connectivity index (χ0n) is 15.2. The summed E-state index contributed by atoms with van der Waals surface area (Å²) in [4.78, 5) is 14.8. The minimum Gasteiger partial charge on any atom is -0.370 e. The number of hydrogen-bond donors (Lipinski definition) is 1. The second-order valence-electron chi connectivity index (χ2n) is 7.08. The Morgan fingerprint density at radius 1 is 1.32 bits per heavy atom. The van der Waals surface area contributed by atoms with E-state index < -0.39 is 0 Å². The molecule has 0 radical (unpaired) electrons. The van der Waals surface area contributed by atoms with E-state index in [1.54, 1.807) is 0 Å². The topological polar surface area (TPSA) is 64.8 Å². The first kappa shape index (κ1) is 20.2. The van der Waals surface area contributed by atoms with Crippen LogP contribution in [-0.2, 0) is 14.3 Å². The lowest BCUT2D eigenvalue weighted by Gasteiger charge is -2.39. The molecule has 2 N–H and O–H groups in total.